The number of rotatable bonds is 6. The molecule has 1 aliphatic heterocycles. The van der Waals surface area contributed by atoms with Crippen LogP contribution in [-0.2, 0) is 25.6 Å². The summed E-state index contributed by atoms with van der Waals surface area (Å²) in [5, 5.41) is 0. The van der Waals surface area contributed by atoms with Gasteiger partial charge in [0.1, 0.15) is 0 Å². The summed E-state index contributed by atoms with van der Waals surface area (Å²) in [5.74, 6) is -0.162. The average Bonchev–Trinajstić information content (AvgIpc) is 2.72. The minimum Gasteiger partial charge on any atom is -0.341 e. The highest BCUT2D eigenvalue weighted by molar-refractivity contribution is 5.80. The fourth-order valence-corrected chi connectivity index (χ4v) is 4.33. The van der Waals surface area contributed by atoms with E-state index < -0.39 is 11.9 Å². The summed E-state index contributed by atoms with van der Waals surface area (Å²) in [6.45, 7) is 0.841. The molecule has 152 valence electrons. The summed E-state index contributed by atoms with van der Waals surface area (Å²) in [6, 6.07) is 5.68. The second-order valence-corrected chi connectivity index (χ2v) is 7.69. The first-order chi connectivity index (χ1) is 13.6. The highest BCUT2D eigenvalue weighted by Gasteiger charge is 2.35. The molecule has 1 N–H and O–H groups in total. The monoisotopic (exact) mass is 387 g/mol. The van der Waals surface area contributed by atoms with Crippen molar-refractivity contribution in [1.29, 1.82) is 0 Å². The molecule has 1 saturated carbocycles. The first-order valence-electron chi connectivity index (χ1n) is 10.3. The Hall–Kier alpha value is -2.44. The van der Waals surface area contributed by atoms with E-state index in [-0.39, 0.29) is 18.7 Å². The molecule has 1 aliphatic carbocycles. The van der Waals surface area contributed by atoms with Crippen LogP contribution in [0.4, 0.5) is 0 Å². The van der Waals surface area contributed by atoms with Crippen molar-refractivity contribution < 1.29 is 19.2 Å². The molecule has 2 aliphatic rings. The van der Waals surface area contributed by atoms with E-state index in [1.54, 1.807) is 24.4 Å². The number of pyridine rings is 1. The SMILES string of the molecule is O=C(Cc1ccccn1)NOC(=O)CCCC(=O)N1CCCC2CCCCC21. The minimum atomic E-state index is -0.531. The number of aromatic nitrogens is 1. The standard InChI is InChI=1S/C21H29N3O4/c25-19(15-17-9-3-4-13-22-17)23-28-21(27)12-5-11-20(26)24-14-6-8-16-7-1-2-10-18(16)24/h3-4,9,13,16,18H,1-2,5-8,10-12,14-15H2,(H,23,25). The van der Waals surface area contributed by atoms with Gasteiger partial charge in [-0.25, -0.2) is 4.79 Å². The van der Waals surface area contributed by atoms with E-state index in [1.165, 1.54) is 25.7 Å². The van der Waals surface area contributed by atoms with Gasteiger partial charge in [0.05, 0.1) is 6.42 Å². The fourth-order valence-electron chi connectivity index (χ4n) is 4.33. The van der Waals surface area contributed by atoms with Crippen molar-refractivity contribution in [3.05, 3.63) is 30.1 Å². The molecule has 0 radical (unpaired) electrons. The predicted octanol–water partition coefficient (Wildman–Crippen LogP) is 2.55. The number of fused-ring (bicyclic) bond motifs is 1. The van der Waals surface area contributed by atoms with Gasteiger partial charge in [-0.1, -0.05) is 18.9 Å². The van der Waals surface area contributed by atoms with Gasteiger partial charge in [0.2, 0.25) is 5.91 Å². The number of hydrogen-bond donors (Lipinski definition) is 1. The topological polar surface area (TPSA) is 88.6 Å². The molecule has 0 bridgehead atoms. The van der Waals surface area contributed by atoms with E-state index in [1.807, 2.05) is 4.90 Å². The Morgan fingerprint density at radius 3 is 2.75 bits per heavy atom. The Labute approximate surface area is 165 Å². The van der Waals surface area contributed by atoms with Gasteiger partial charge in [-0.05, 0) is 50.2 Å². The fraction of sp³-hybridized carbons (Fsp3) is 0.619. The normalized spacial score (nSPS) is 21.5. The zero-order chi connectivity index (χ0) is 19.8. The van der Waals surface area contributed by atoms with Crippen LogP contribution in [-0.4, -0.2) is 40.3 Å². The van der Waals surface area contributed by atoms with E-state index >= 15 is 0 Å². The third-order valence-electron chi connectivity index (χ3n) is 5.68. The van der Waals surface area contributed by atoms with Gasteiger partial charge in [-0.3, -0.25) is 14.6 Å². The van der Waals surface area contributed by atoms with Crippen LogP contribution in [0, 0.1) is 5.92 Å². The van der Waals surface area contributed by atoms with Crippen LogP contribution in [0.3, 0.4) is 0 Å². The number of likely N-dealkylation sites (tertiary alicyclic amines) is 1. The number of hydroxylamine groups is 1. The van der Waals surface area contributed by atoms with Gasteiger partial charge in [0.25, 0.3) is 5.91 Å². The summed E-state index contributed by atoms with van der Waals surface area (Å²) in [5.41, 5.74) is 2.75. The number of nitrogens with one attached hydrogen (secondary N) is 1. The lowest BCUT2D eigenvalue weighted by Crippen LogP contribution is -2.49. The van der Waals surface area contributed by atoms with E-state index in [0.29, 0.717) is 30.5 Å². The molecule has 1 saturated heterocycles. The molecule has 2 fully saturated rings. The van der Waals surface area contributed by atoms with E-state index in [0.717, 1.165) is 19.4 Å². The Balaban J connectivity index is 1.33. The number of carbonyl (C=O) groups is 3. The van der Waals surface area contributed by atoms with Gasteiger partial charge in [-0.15, -0.1) is 0 Å². The first kappa shape index (κ1) is 20.3. The lowest BCUT2D eigenvalue weighted by Gasteiger charge is -2.44. The van der Waals surface area contributed by atoms with Crippen molar-refractivity contribution in [3.8, 4) is 0 Å². The molecule has 28 heavy (non-hydrogen) atoms. The number of nitrogens with zero attached hydrogens (tertiary/aromatic N) is 2. The molecule has 1 aromatic heterocycles. The van der Waals surface area contributed by atoms with Gasteiger partial charge in [-0.2, -0.15) is 5.48 Å². The molecule has 0 spiro atoms. The third kappa shape index (κ3) is 5.78. The van der Waals surface area contributed by atoms with Crippen molar-refractivity contribution in [1.82, 2.24) is 15.4 Å². The number of carbonyl (C=O) groups excluding carboxylic acids is 3. The maximum absolute atomic E-state index is 12.6. The van der Waals surface area contributed by atoms with Crippen LogP contribution < -0.4 is 5.48 Å². The maximum Gasteiger partial charge on any atom is 0.332 e. The lowest BCUT2D eigenvalue weighted by molar-refractivity contribution is -0.158. The molecular formula is C21H29N3O4. The van der Waals surface area contributed by atoms with E-state index in [2.05, 4.69) is 10.5 Å². The Morgan fingerprint density at radius 1 is 1.11 bits per heavy atom. The molecule has 2 atom stereocenters. The number of amides is 2. The van der Waals surface area contributed by atoms with E-state index in [9.17, 15) is 14.4 Å². The van der Waals surface area contributed by atoms with Crippen LogP contribution in [0.15, 0.2) is 24.4 Å². The molecule has 2 unspecified atom stereocenters. The molecule has 2 heterocycles. The zero-order valence-electron chi connectivity index (χ0n) is 16.3. The van der Waals surface area contributed by atoms with Crippen molar-refractivity contribution in [3.63, 3.8) is 0 Å². The zero-order valence-corrected chi connectivity index (χ0v) is 16.3. The number of piperidine rings is 1. The predicted molar refractivity (Wildman–Crippen MR) is 103 cm³/mol. The van der Waals surface area contributed by atoms with Crippen LogP contribution >= 0.6 is 0 Å². The quantitative estimate of drug-likeness (QED) is 0.758. The highest BCUT2D eigenvalue weighted by Crippen LogP contribution is 2.35. The molecule has 7 nitrogen and oxygen atoms in total. The van der Waals surface area contributed by atoms with Crippen molar-refractivity contribution in [2.75, 3.05) is 6.54 Å². The molecular weight excluding hydrogens is 358 g/mol. The van der Waals surface area contributed by atoms with Crippen molar-refractivity contribution in [2.45, 2.75) is 70.3 Å². The molecule has 3 rings (SSSR count). The van der Waals surface area contributed by atoms with Crippen molar-refractivity contribution >= 4 is 17.8 Å². The average molecular weight is 387 g/mol. The van der Waals surface area contributed by atoms with Crippen LogP contribution in [0.5, 0.6) is 0 Å². The van der Waals surface area contributed by atoms with Crippen LogP contribution in [0.2, 0.25) is 0 Å². The lowest BCUT2D eigenvalue weighted by atomic mass is 9.78. The summed E-state index contributed by atoms with van der Waals surface area (Å²) >= 11 is 0. The second kappa shape index (κ2) is 10.2. The molecule has 7 heteroatoms. The molecule has 2 amide bonds. The summed E-state index contributed by atoms with van der Waals surface area (Å²) in [6.07, 6.45) is 9.68. The summed E-state index contributed by atoms with van der Waals surface area (Å²) in [7, 11) is 0. The summed E-state index contributed by atoms with van der Waals surface area (Å²) < 4.78 is 0. The van der Waals surface area contributed by atoms with Gasteiger partial charge in [0.15, 0.2) is 0 Å². The first-order valence-corrected chi connectivity index (χ1v) is 10.3. The second-order valence-electron chi connectivity index (χ2n) is 7.69. The van der Waals surface area contributed by atoms with E-state index in [4.69, 9.17) is 4.84 Å². The molecule has 1 aromatic rings. The maximum atomic E-state index is 12.6. The Bertz CT molecular complexity index is 677. The minimum absolute atomic E-state index is 0.0458. The largest absolute Gasteiger partial charge is 0.341 e. The Morgan fingerprint density at radius 2 is 1.93 bits per heavy atom. The van der Waals surface area contributed by atoms with Crippen molar-refractivity contribution in [2.24, 2.45) is 5.92 Å². The van der Waals surface area contributed by atoms with Gasteiger partial charge in [0, 0.05) is 37.3 Å². The van der Waals surface area contributed by atoms with Gasteiger partial charge >= 0.3 is 5.97 Å². The Kier molecular flexibility index (Phi) is 7.39. The highest BCUT2D eigenvalue weighted by atomic mass is 16.7. The number of hydrogen-bond acceptors (Lipinski definition) is 5. The summed E-state index contributed by atoms with van der Waals surface area (Å²) in [4.78, 5) is 47.1. The molecule has 0 aromatic carbocycles. The van der Waals surface area contributed by atoms with Crippen LogP contribution in [0.1, 0.15) is 63.5 Å². The van der Waals surface area contributed by atoms with Crippen LogP contribution in [0.25, 0.3) is 0 Å². The van der Waals surface area contributed by atoms with Gasteiger partial charge < -0.3 is 9.74 Å². The smallest absolute Gasteiger partial charge is 0.332 e. The third-order valence-corrected chi connectivity index (χ3v) is 5.68.